The molecule has 0 aliphatic heterocycles. The van der Waals surface area contributed by atoms with Crippen LogP contribution < -0.4 is 0 Å². The van der Waals surface area contributed by atoms with Crippen LogP contribution in [0, 0.1) is 17.8 Å². The maximum absolute atomic E-state index is 11.0. The van der Waals surface area contributed by atoms with E-state index in [1.54, 1.807) is 6.92 Å². The molecule has 0 atom stereocenters. The Morgan fingerprint density at radius 2 is 1.90 bits per heavy atom. The predicted molar refractivity (Wildman–Crippen MR) is 42.5 cm³/mol. The van der Waals surface area contributed by atoms with E-state index in [9.17, 15) is 4.79 Å². The first-order chi connectivity index (χ1) is 4.76. The largest absolute Gasteiger partial charge is 0.285 e. The van der Waals surface area contributed by atoms with Crippen molar-refractivity contribution in [2.45, 2.75) is 33.6 Å². The Labute approximate surface area is 62.8 Å². The first-order valence-electron chi connectivity index (χ1n) is 3.72. The van der Waals surface area contributed by atoms with E-state index in [0.717, 1.165) is 12.8 Å². The van der Waals surface area contributed by atoms with Gasteiger partial charge in [-0.05, 0) is 25.7 Å². The standard InChI is InChI=1S/C9H14O/c1-4-7-9(10)8(5-2)6-3/h8H,5-6H2,1-3H3. The van der Waals surface area contributed by atoms with Crippen LogP contribution in [-0.4, -0.2) is 5.78 Å². The Hall–Kier alpha value is -0.770. The van der Waals surface area contributed by atoms with Crippen molar-refractivity contribution in [1.29, 1.82) is 0 Å². The molecule has 0 N–H and O–H groups in total. The number of Topliss-reactive ketones (excluding diaryl/α,β-unsaturated/α-hetero) is 1. The molecule has 0 unspecified atom stereocenters. The fourth-order valence-corrected chi connectivity index (χ4v) is 0.885. The fourth-order valence-electron chi connectivity index (χ4n) is 0.885. The van der Waals surface area contributed by atoms with Crippen LogP contribution in [0.3, 0.4) is 0 Å². The molecule has 0 spiro atoms. The SMILES string of the molecule is CC#CC(=O)C(CC)CC. The van der Waals surface area contributed by atoms with Crippen LogP contribution in [-0.2, 0) is 4.79 Å². The molecule has 0 aromatic rings. The van der Waals surface area contributed by atoms with Crippen molar-refractivity contribution >= 4 is 5.78 Å². The number of carbonyl (C=O) groups is 1. The van der Waals surface area contributed by atoms with E-state index < -0.39 is 0 Å². The normalized spacial score (nSPS) is 8.80. The topological polar surface area (TPSA) is 17.1 Å². The average Bonchev–Trinajstić information content (AvgIpc) is 1.91. The summed E-state index contributed by atoms with van der Waals surface area (Å²) in [4.78, 5) is 11.0. The van der Waals surface area contributed by atoms with Gasteiger partial charge in [0.2, 0.25) is 5.78 Å². The van der Waals surface area contributed by atoms with Gasteiger partial charge in [0.15, 0.2) is 0 Å². The Balaban J connectivity index is 3.97. The Kier molecular flexibility index (Phi) is 4.66. The maximum Gasteiger partial charge on any atom is 0.208 e. The second-order valence-corrected chi connectivity index (χ2v) is 2.25. The van der Waals surface area contributed by atoms with Crippen molar-refractivity contribution in [1.82, 2.24) is 0 Å². The molecular formula is C9H14O. The van der Waals surface area contributed by atoms with E-state index in [0.29, 0.717) is 0 Å². The zero-order valence-corrected chi connectivity index (χ0v) is 6.90. The molecule has 56 valence electrons. The average molecular weight is 138 g/mol. The minimum absolute atomic E-state index is 0.0903. The summed E-state index contributed by atoms with van der Waals surface area (Å²) in [6.45, 7) is 5.73. The number of hydrogen-bond acceptors (Lipinski definition) is 1. The highest BCUT2D eigenvalue weighted by Gasteiger charge is 2.10. The van der Waals surface area contributed by atoms with Crippen molar-refractivity contribution in [2.75, 3.05) is 0 Å². The molecule has 1 heteroatoms. The molecular weight excluding hydrogens is 124 g/mol. The van der Waals surface area contributed by atoms with E-state index in [-0.39, 0.29) is 11.7 Å². The van der Waals surface area contributed by atoms with Crippen molar-refractivity contribution < 1.29 is 4.79 Å². The van der Waals surface area contributed by atoms with Gasteiger partial charge in [-0.15, -0.1) is 0 Å². The first-order valence-corrected chi connectivity index (χ1v) is 3.72. The highest BCUT2D eigenvalue weighted by Crippen LogP contribution is 2.07. The van der Waals surface area contributed by atoms with Gasteiger partial charge in [-0.1, -0.05) is 19.8 Å². The summed E-state index contributed by atoms with van der Waals surface area (Å²) >= 11 is 0. The molecule has 0 saturated heterocycles. The second-order valence-electron chi connectivity index (χ2n) is 2.25. The summed E-state index contributed by atoms with van der Waals surface area (Å²) in [5.41, 5.74) is 0. The summed E-state index contributed by atoms with van der Waals surface area (Å²) < 4.78 is 0. The molecule has 0 fully saturated rings. The molecule has 0 rings (SSSR count). The molecule has 0 aliphatic carbocycles. The van der Waals surface area contributed by atoms with Crippen LogP contribution in [0.2, 0.25) is 0 Å². The molecule has 0 amide bonds. The summed E-state index contributed by atoms with van der Waals surface area (Å²) in [6.07, 6.45) is 1.81. The van der Waals surface area contributed by atoms with Crippen LogP contribution in [0.5, 0.6) is 0 Å². The Morgan fingerprint density at radius 1 is 1.40 bits per heavy atom. The lowest BCUT2D eigenvalue weighted by atomic mass is 9.99. The molecule has 10 heavy (non-hydrogen) atoms. The number of ketones is 1. The molecule has 0 saturated carbocycles. The van der Waals surface area contributed by atoms with Crippen molar-refractivity contribution in [3.05, 3.63) is 0 Å². The van der Waals surface area contributed by atoms with E-state index in [4.69, 9.17) is 0 Å². The van der Waals surface area contributed by atoms with Crippen LogP contribution in [0.1, 0.15) is 33.6 Å². The van der Waals surface area contributed by atoms with Crippen molar-refractivity contribution in [3.8, 4) is 11.8 Å². The molecule has 0 heterocycles. The summed E-state index contributed by atoms with van der Waals surface area (Å²) in [5, 5.41) is 0. The van der Waals surface area contributed by atoms with Crippen LogP contribution >= 0.6 is 0 Å². The summed E-state index contributed by atoms with van der Waals surface area (Å²) in [5.74, 6) is 5.43. The molecule has 1 nitrogen and oxygen atoms in total. The third kappa shape index (κ3) is 2.68. The van der Waals surface area contributed by atoms with E-state index in [2.05, 4.69) is 11.8 Å². The lowest BCUT2D eigenvalue weighted by Gasteiger charge is -2.03. The fraction of sp³-hybridized carbons (Fsp3) is 0.667. The van der Waals surface area contributed by atoms with E-state index in [1.165, 1.54) is 0 Å². The first kappa shape index (κ1) is 9.23. The van der Waals surface area contributed by atoms with Gasteiger partial charge in [0.1, 0.15) is 0 Å². The summed E-state index contributed by atoms with van der Waals surface area (Å²) in [6, 6.07) is 0. The van der Waals surface area contributed by atoms with Gasteiger partial charge in [0, 0.05) is 5.92 Å². The zero-order chi connectivity index (χ0) is 7.98. The smallest absolute Gasteiger partial charge is 0.208 e. The van der Waals surface area contributed by atoms with Gasteiger partial charge in [-0.3, -0.25) is 4.79 Å². The van der Waals surface area contributed by atoms with Gasteiger partial charge >= 0.3 is 0 Å². The van der Waals surface area contributed by atoms with Crippen molar-refractivity contribution in [2.24, 2.45) is 5.92 Å². The number of rotatable bonds is 3. The Morgan fingerprint density at radius 3 is 2.20 bits per heavy atom. The molecule has 0 aliphatic rings. The monoisotopic (exact) mass is 138 g/mol. The van der Waals surface area contributed by atoms with Crippen LogP contribution in [0.15, 0.2) is 0 Å². The number of hydrogen-bond donors (Lipinski definition) is 0. The third-order valence-corrected chi connectivity index (χ3v) is 1.60. The maximum atomic E-state index is 11.0. The van der Waals surface area contributed by atoms with Gasteiger partial charge in [0.25, 0.3) is 0 Å². The van der Waals surface area contributed by atoms with Gasteiger partial charge in [0.05, 0.1) is 0 Å². The van der Waals surface area contributed by atoms with Crippen molar-refractivity contribution in [3.63, 3.8) is 0 Å². The molecule has 0 radical (unpaired) electrons. The second kappa shape index (κ2) is 5.05. The van der Waals surface area contributed by atoms with E-state index >= 15 is 0 Å². The van der Waals surface area contributed by atoms with Crippen LogP contribution in [0.25, 0.3) is 0 Å². The van der Waals surface area contributed by atoms with Gasteiger partial charge < -0.3 is 0 Å². The lowest BCUT2D eigenvalue weighted by molar-refractivity contribution is -0.117. The zero-order valence-electron chi connectivity index (χ0n) is 6.90. The minimum Gasteiger partial charge on any atom is -0.285 e. The quantitative estimate of drug-likeness (QED) is 0.430. The number of carbonyl (C=O) groups excluding carboxylic acids is 1. The van der Waals surface area contributed by atoms with Crippen LogP contribution in [0.4, 0.5) is 0 Å². The highest BCUT2D eigenvalue weighted by atomic mass is 16.1. The lowest BCUT2D eigenvalue weighted by Crippen LogP contribution is -2.09. The predicted octanol–water partition coefficient (Wildman–Crippen LogP) is 2.02. The summed E-state index contributed by atoms with van der Waals surface area (Å²) in [7, 11) is 0. The Bertz CT molecular complexity index is 155. The van der Waals surface area contributed by atoms with Gasteiger partial charge in [-0.2, -0.15) is 0 Å². The molecule has 0 aromatic heterocycles. The highest BCUT2D eigenvalue weighted by molar-refractivity contribution is 5.97. The third-order valence-electron chi connectivity index (χ3n) is 1.60. The van der Waals surface area contributed by atoms with Gasteiger partial charge in [-0.25, -0.2) is 0 Å². The molecule has 0 aromatic carbocycles. The minimum atomic E-state index is 0.0903. The van der Waals surface area contributed by atoms with E-state index in [1.807, 2.05) is 13.8 Å². The molecule has 0 bridgehead atoms.